The second-order valence-corrected chi connectivity index (χ2v) is 3.99. The summed E-state index contributed by atoms with van der Waals surface area (Å²) in [6, 6.07) is 7.74. The quantitative estimate of drug-likeness (QED) is 0.773. The average Bonchev–Trinajstić information content (AvgIpc) is 2.16. The second kappa shape index (κ2) is 5.09. The number of aryl methyl sites for hydroxylation is 1. The Morgan fingerprint density at radius 3 is 2.40 bits per heavy atom. The third kappa shape index (κ3) is 3.17. The molecular formula is C12H14BrNO. The molecule has 80 valence electrons. The largest absolute Gasteiger partial charge is 0.298 e. The lowest BCUT2D eigenvalue weighted by Gasteiger charge is -2.16. The van der Waals surface area contributed by atoms with Gasteiger partial charge in [-0.1, -0.05) is 11.6 Å². The zero-order valence-corrected chi connectivity index (χ0v) is 10.8. The number of hydrogen-bond donors (Lipinski definition) is 0. The molecule has 1 aromatic carbocycles. The van der Waals surface area contributed by atoms with Crippen molar-refractivity contribution in [3.63, 3.8) is 0 Å². The molecule has 0 fully saturated rings. The Morgan fingerprint density at radius 2 is 1.93 bits per heavy atom. The topological polar surface area (TPSA) is 40.9 Å². The number of nitriles is 1. The SMILES string of the molecule is Br.Cc1cc(C=O)cc(C(C)(C)C#N)c1. The Labute approximate surface area is 101 Å². The van der Waals surface area contributed by atoms with Gasteiger partial charge < -0.3 is 0 Å². The molecule has 2 nitrogen and oxygen atoms in total. The summed E-state index contributed by atoms with van der Waals surface area (Å²) in [6.07, 6.45) is 0.809. The van der Waals surface area contributed by atoms with Crippen molar-refractivity contribution in [1.82, 2.24) is 0 Å². The van der Waals surface area contributed by atoms with Crippen molar-refractivity contribution in [1.29, 1.82) is 5.26 Å². The van der Waals surface area contributed by atoms with Crippen LogP contribution in [0, 0.1) is 18.3 Å². The predicted molar refractivity (Wildman–Crippen MR) is 65.5 cm³/mol. The van der Waals surface area contributed by atoms with Crippen molar-refractivity contribution in [2.45, 2.75) is 26.2 Å². The van der Waals surface area contributed by atoms with Crippen LogP contribution in [0.5, 0.6) is 0 Å². The summed E-state index contributed by atoms with van der Waals surface area (Å²) < 4.78 is 0. The Bertz CT molecular complexity index is 405. The lowest BCUT2D eigenvalue weighted by molar-refractivity contribution is 0.112. The van der Waals surface area contributed by atoms with Crippen molar-refractivity contribution < 1.29 is 4.79 Å². The van der Waals surface area contributed by atoms with Gasteiger partial charge in [0, 0.05) is 5.56 Å². The van der Waals surface area contributed by atoms with Crippen LogP contribution in [0.1, 0.15) is 35.3 Å². The molecule has 0 aliphatic heterocycles. The fraction of sp³-hybridized carbons (Fsp3) is 0.333. The lowest BCUT2D eigenvalue weighted by atomic mass is 9.85. The zero-order valence-electron chi connectivity index (χ0n) is 9.07. The number of nitrogens with zero attached hydrogens (tertiary/aromatic N) is 1. The minimum atomic E-state index is -0.538. The van der Waals surface area contributed by atoms with Crippen LogP contribution >= 0.6 is 17.0 Å². The molecule has 3 heteroatoms. The fourth-order valence-electron chi connectivity index (χ4n) is 1.31. The first-order chi connectivity index (χ1) is 6.49. The molecule has 0 heterocycles. The zero-order chi connectivity index (χ0) is 10.8. The minimum absolute atomic E-state index is 0. The van der Waals surface area contributed by atoms with Crippen molar-refractivity contribution in [3.8, 4) is 6.07 Å². The minimum Gasteiger partial charge on any atom is -0.298 e. The van der Waals surface area contributed by atoms with Gasteiger partial charge in [-0.2, -0.15) is 5.26 Å². The van der Waals surface area contributed by atoms with Gasteiger partial charge in [0.15, 0.2) is 0 Å². The molecule has 0 atom stereocenters. The van der Waals surface area contributed by atoms with E-state index in [2.05, 4.69) is 6.07 Å². The van der Waals surface area contributed by atoms with E-state index in [-0.39, 0.29) is 17.0 Å². The van der Waals surface area contributed by atoms with E-state index in [0.717, 1.165) is 17.4 Å². The van der Waals surface area contributed by atoms with Gasteiger partial charge in [0.25, 0.3) is 0 Å². The number of halogens is 1. The first-order valence-corrected chi connectivity index (χ1v) is 4.48. The standard InChI is InChI=1S/C12H13NO.BrH/c1-9-4-10(7-14)6-11(5-9)12(2,3)8-13;/h4-7H,1-3H3;1H. The normalized spacial score (nSPS) is 10.0. The van der Waals surface area contributed by atoms with E-state index < -0.39 is 5.41 Å². The van der Waals surface area contributed by atoms with Crippen LogP contribution in [0.3, 0.4) is 0 Å². The number of aldehydes is 1. The summed E-state index contributed by atoms with van der Waals surface area (Å²) >= 11 is 0. The van der Waals surface area contributed by atoms with E-state index in [9.17, 15) is 4.79 Å². The first-order valence-electron chi connectivity index (χ1n) is 4.48. The van der Waals surface area contributed by atoms with Crippen molar-refractivity contribution >= 4 is 23.3 Å². The number of carbonyl (C=O) groups is 1. The molecule has 1 rings (SSSR count). The molecule has 0 aromatic heterocycles. The van der Waals surface area contributed by atoms with Crippen LogP contribution in [0.2, 0.25) is 0 Å². The van der Waals surface area contributed by atoms with Crippen LogP contribution < -0.4 is 0 Å². The Balaban J connectivity index is 0.00000196. The van der Waals surface area contributed by atoms with Crippen molar-refractivity contribution in [3.05, 3.63) is 34.9 Å². The van der Waals surface area contributed by atoms with Crippen molar-refractivity contribution in [2.24, 2.45) is 0 Å². The molecule has 0 radical (unpaired) electrons. The summed E-state index contributed by atoms with van der Waals surface area (Å²) in [5.41, 5.74) is 1.99. The summed E-state index contributed by atoms with van der Waals surface area (Å²) in [5.74, 6) is 0. The highest BCUT2D eigenvalue weighted by Crippen LogP contribution is 2.23. The third-order valence-corrected chi connectivity index (χ3v) is 2.24. The van der Waals surface area contributed by atoms with E-state index in [0.29, 0.717) is 5.56 Å². The summed E-state index contributed by atoms with van der Waals surface area (Å²) in [7, 11) is 0. The first kappa shape index (κ1) is 13.9. The van der Waals surface area contributed by atoms with E-state index in [1.807, 2.05) is 32.9 Å². The van der Waals surface area contributed by atoms with Crippen LogP contribution in [0.15, 0.2) is 18.2 Å². The lowest BCUT2D eigenvalue weighted by Crippen LogP contribution is -2.14. The fourth-order valence-corrected chi connectivity index (χ4v) is 1.31. The maximum atomic E-state index is 10.6. The average molecular weight is 268 g/mol. The highest BCUT2D eigenvalue weighted by molar-refractivity contribution is 8.93. The molecule has 0 N–H and O–H groups in total. The van der Waals surface area contributed by atoms with E-state index >= 15 is 0 Å². The van der Waals surface area contributed by atoms with E-state index in [4.69, 9.17) is 5.26 Å². The molecule has 15 heavy (non-hydrogen) atoms. The number of rotatable bonds is 2. The highest BCUT2D eigenvalue weighted by atomic mass is 79.9. The number of carbonyl (C=O) groups excluding carboxylic acids is 1. The molecule has 0 saturated heterocycles. The van der Waals surface area contributed by atoms with Gasteiger partial charge in [-0.15, -0.1) is 17.0 Å². The summed E-state index contributed by atoms with van der Waals surface area (Å²) in [6.45, 7) is 5.61. The third-order valence-electron chi connectivity index (χ3n) is 2.24. The molecule has 0 aliphatic rings. The maximum absolute atomic E-state index is 10.6. The van der Waals surface area contributed by atoms with Crippen LogP contribution in [0.25, 0.3) is 0 Å². The second-order valence-electron chi connectivity index (χ2n) is 3.99. The van der Waals surface area contributed by atoms with Gasteiger partial charge in [0.05, 0.1) is 11.5 Å². The van der Waals surface area contributed by atoms with Crippen LogP contribution in [-0.4, -0.2) is 6.29 Å². The molecule has 0 unspecified atom stereocenters. The molecule has 0 amide bonds. The Morgan fingerprint density at radius 1 is 1.33 bits per heavy atom. The molecular weight excluding hydrogens is 254 g/mol. The maximum Gasteiger partial charge on any atom is 0.150 e. The predicted octanol–water partition coefficient (Wildman–Crippen LogP) is 3.19. The monoisotopic (exact) mass is 267 g/mol. The van der Waals surface area contributed by atoms with Crippen molar-refractivity contribution in [2.75, 3.05) is 0 Å². The number of benzene rings is 1. The Hall–Kier alpha value is -1.14. The van der Waals surface area contributed by atoms with Crippen LogP contribution in [-0.2, 0) is 5.41 Å². The van der Waals surface area contributed by atoms with Gasteiger partial charge in [-0.3, -0.25) is 4.79 Å². The smallest absolute Gasteiger partial charge is 0.150 e. The number of hydrogen-bond acceptors (Lipinski definition) is 2. The molecule has 0 bridgehead atoms. The van der Waals surface area contributed by atoms with Crippen LogP contribution in [0.4, 0.5) is 0 Å². The van der Waals surface area contributed by atoms with Gasteiger partial charge in [0.1, 0.15) is 6.29 Å². The summed E-state index contributed by atoms with van der Waals surface area (Å²) in [4.78, 5) is 10.6. The molecule has 0 saturated carbocycles. The molecule has 0 aliphatic carbocycles. The van der Waals surface area contributed by atoms with E-state index in [1.54, 1.807) is 6.07 Å². The van der Waals surface area contributed by atoms with Gasteiger partial charge in [-0.05, 0) is 38.5 Å². The molecule has 1 aromatic rings. The van der Waals surface area contributed by atoms with Gasteiger partial charge in [-0.25, -0.2) is 0 Å². The van der Waals surface area contributed by atoms with Gasteiger partial charge >= 0.3 is 0 Å². The van der Waals surface area contributed by atoms with E-state index in [1.165, 1.54) is 0 Å². The summed E-state index contributed by atoms with van der Waals surface area (Å²) in [5, 5.41) is 8.96. The molecule has 0 spiro atoms. The Kier molecular flexibility index (Phi) is 4.70. The highest BCUT2D eigenvalue weighted by Gasteiger charge is 2.20. The van der Waals surface area contributed by atoms with Gasteiger partial charge in [0.2, 0.25) is 0 Å².